The first kappa shape index (κ1) is 7.12. The molecular formula is C5H7ClS. The van der Waals surface area contributed by atoms with Gasteiger partial charge in [0.1, 0.15) is 0 Å². The summed E-state index contributed by atoms with van der Waals surface area (Å²) in [4.78, 5) is 0. The van der Waals surface area contributed by atoms with Crippen LogP contribution < -0.4 is 0 Å². The Labute approximate surface area is 54.3 Å². The van der Waals surface area contributed by atoms with Gasteiger partial charge in [-0.2, -0.15) is 0 Å². The van der Waals surface area contributed by atoms with E-state index in [0.29, 0.717) is 4.36 Å². The number of hydrogen-bond acceptors (Lipinski definition) is 1. The Morgan fingerprint density at radius 2 is 2.29 bits per heavy atom. The maximum absolute atomic E-state index is 5.33. The average molecular weight is 135 g/mol. The van der Waals surface area contributed by atoms with E-state index in [1.165, 1.54) is 0 Å². The molecule has 0 rings (SSSR count). The van der Waals surface area contributed by atoms with Gasteiger partial charge in [-0.05, 0) is 13.0 Å². The fraction of sp³-hybridized carbons (Fsp3) is 0.200. The lowest BCUT2D eigenvalue weighted by molar-refractivity contribution is 1.74. The van der Waals surface area contributed by atoms with Gasteiger partial charge in [-0.15, -0.1) is 12.6 Å². The summed E-state index contributed by atoms with van der Waals surface area (Å²) in [6, 6.07) is 0. The van der Waals surface area contributed by atoms with Crippen LogP contribution in [0.3, 0.4) is 0 Å². The zero-order valence-corrected chi connectivity index (χ0v) is 5.71. The highest BCUT2D eigenvalue weighted by Crippen LogP contribution is 2.04. The van der Waals surface area contributed by atoms with Crippen LogP contribution in [0.25, 0.3) is 0 Å². The molecule has 0 aromatic heterocycles. The molecule has 0 amide bonds. The number of thiol groups is 1. The van der Waals surface area contributed by atoms with Crippen molar-refractivity contribution in [2.75, 3.05) is 0 Å². The average Bonchev–Trinajstić information content (AvgIpc) is 1.61. The van der Waals surface area contributed by atoms with E-state index in [2.05, 4.69) is 12.6 Å². The number of hydrogen-bond donors (Lipinski definition) is 1. The van der Waals surface area contributed by atoms with Crippen LogP contribution in [0.15, 0.2) is 22.6 Å². The summed E-state index contributed by atoms with van der Waals surface area (Å²) in [7, 11) is 0. The molecule has 0 N–H and O–H groups in total. The van der Waals surface area contributed by atoms with E-state index in [9.17, 15) is 0 Å². The van der Waals surface area contributed by atoms with Gasteiger partial charge in [0.05, 0.1) is 4.36 Å². The highest BCUT2D eigenvalue weighted by Gasteiger charge is 1.69. The normalized spacial score (nSPS) is 13.3. The molecule has 0 aromatic carbocycles. The fourth-order valence-electron chi connectivity index (χ4n) is 0.176. The SMILES string of the molecule is C/C=C/C=C(\S)Cl. The van der Waals surface area contributed by atoms with E-state index in [4.69, 9.17) is 11.6 Å². The van der Waals surface area contributed by atoms with Gasteiger partial charge >= 0.3 is 0 Å². The second-order valence-electron chi connectivity index (χ2n) is 1.02. The summed E-state index contributed by atoms with van der Waals surface area (Å²) < 4.78 is 0.512. The number of rotatable bonds is 1. The minimum Gasteiger partial charge on any atom is -0.131 e. The molecule has 0 bridgehead atoms. The molecule has 0 aliphatic carbocycles. The van der Waals surface area contributed by atoms with Crippen LogP contribution in [0.2, 0.25) is 0 Å². The summed E-state index contributed by atoms with van der Waals surface area (Å²) in [6.07, 6.45) is 5.43. The first-order valence-electron chi connectivity index (χ1n) is 1.95. The van der Waals surface area contributed by atoms with Crippen molar-refractivity contribution in [3.63, 3.8) is 0 Å². The van der Waals surface area contributed by atoms with Crippen LogP contribution in [0.1, 0.15) is 6.92 Å². The number of halogens is 1. The Morgan fingerprint density at radius 1 is 1.71 bits per heavy atom. The summed E-state index contributed by atoms with van der Waals surface area (Å²) in [5.41, 5.74) is 0. The molecule has 0 saturated carbocycles. The van der Waals surface area contributed by atoms with Crippen molar-refractivity contribution in [2.24, 2.45) is 0 Å². The molecule has 0 saturated heterocycles. The van der Waals surface area contributed by atoms with Gasteiger partial charge in [-0.25, -0.2) is 0 Å². The van der Waals surface area contributed by atoms with Crippen LogP contribution >= 0.6 is 24.2 Å². The van der Waals surface area contributed by atoms with Crippen LogP contribution in [-0.2, 0) is 0 Å². The van der Waals surface area contributed by atoms with Crippen molar-refractivity contribution >= 4 is 24.2 Å². The molecule has 0 spiro atoms. The Kier molecular flexibility index (Phi) is 4.36. The van der Waals surface area contributed by atoms with Crippen molar-refractivity contribution < 1.29 is 0 Å². The Balaban J connectivity index is 3.46. The van der Waals surface area contributed by atoms with Crippen LogP contribution in [0, 0.1) is 0 Å². The van der Waals surface area contributed by atoms with Gasteiger partial charge in [-0.1, -0.05) is 23.8 Å². The fourth-order valence-corrected chi connectivity index (χ4v) is 0.334. The standard InChI is InChI=1S/C5H7ClS/c1-2-3-4-5(6)7/h2-4,7H,1H3/b3-2+,5-4-. The number of allylic oxidation sites excluding steroid dienone is 3. The molecule has 40 valence electrons. The van der Waals surface area contributed by atoms with Gasteiger partial charge in [0.15, 0.2) is 0 Å². The monoisotopic (exact) mass is 134 g/mol. The minimum absolute atomic E-state index is 0.512. The van der Waals surface area contributed by atoms with Gasteiger partial charge < -0.3 is 0 Å². The third-order valence-electron chi connectivity index (χ3n) is 0.426. The Bertz CT molecular complexity index is 90.3. The predicted octanol–water partition coefficient (Wildman–Crippen LogP) is 2.57. The highest BCUT2D eigenvalue weighted by molar-refractivity contribution is 7.86. The topological polar surface area (TPSA) is 0 Å². The van der Waals surface area contributed by atoms with Crippen molar-refractivity contribution in [3.8, 4) is 0 Å². The van der Waals surface area contributed by atoms with E-state index in [1.807, 2.05) is 19.1 Å². The van der Waals surface area contributed by atoms with E-state index in [1.54, 1.807) is 6.08 Å². The first-order valence-corrected chi connectivity index (χ1v) is 2.77. The molecule has 0 radical (unpaired) electrons. The molecule has 0 fully saturated rings. The van der Waals surface area contributed by atoms with Crippen LogP contribution in [-0.4, -0.2) is 0 Å². The second kappa shape index (κ2) is 4.28. The van der Waals surface area contributed by atoms with Crippen LogP contribution in [0.4, 0.5) is 0 Å². The lowest BCUT2D eigenvalue weighted by Crippen LogP contribution is -1.47. The lowest BCUT2D eigenvalue weighted by atomic mass is 10.5. The van der Waals surface area contributed by atoms with E-state index >= 15 is 0 Å². The van der Waals surface area contributed by atoms with Crippen molar-refractivity contribution in [1.82, 2.24) is 0 Å². The van der Waals surface area contributed by atoms with Gasteiger partial charge in [0.25, 0.3) is 0 Å². The third-order valence-corrected chi connectivity index (χ3v) is 0.701. The zero-order chi connectivity index (χ0) is 5.70. The van der Waals surface area contributed by atoms with Gasteiger partial charge in [-0.3, -0.25) is 0 Å². The minimum atomic E-state index is 0.512. The van der Waals surface area contributed by atoms with Gasteiger partial charge in [0, 0.05) is 0 Å². The largest absolute Gasteiger partial charge is 0.131 e. The smallest absolute Gasteiger partial charge is 0.0704 e. The molecule has 0 atom stereocenters. The van der Waals surface area contributed by atoms with Gasteiger partial charge in [0.2, 0.25) is 0 Å². The van der Waals surface area contributed by atoms with Crippen molar-refractivity contribution in [1.29, 1.82) is 0 Å². The van der Waals surface area contributed by atoms with Crippen molar-refractivity contribution in [3.05, 3.63) is 22.6 Å². The summed E-state index contributed by atoms with van der Waals surface area (Å²) in [5.74, 6) is 0. The quantitative estimate of drug-likeness (QED) is 0.414. The molecule has 0 aromatic rings. The second-order valence-corrected chi connectivity index (χ2v) is 2.17. The Hall–Kier alpha value is 0.120. The molecule has 0 aliphatic heterocycles. The molecule has 0 heterocycles. The zero-order valence-electron chi connectivity index (χ0n) is 4.06. The van der Waals surface area contributed by atoms with Crippen LogP contribution in [0.5, 0.6) is 0 Å². The third kappa shape index (κ3) is 6.12. The first-order chi connectivity index (χ1) is 3.27. The molecule has 7 heavy (non-hydrogen) atoms. The molecule has 2 heteroatoms. The molecular weight excluding hydrogens is 128 g/mol. The van der Waals surface area contributed by atoms with Crippen molar-refractivity contribution in [2.45, 2.75) is 6.92 Å². The lowest BCUT2D eigenvalue weighted by Gasteiger charge is -1.73. The van der Waals surface area contributed by atoms with E-state index in [-0.39, 0.29) is 0 Å². The molecule has 0 aliphatic rings. The summed E-state index contributed by atoms with van der Waals surface area (Å²) in [6.45, 7) is 1.92. The summed E-state index contributed by atoms with van der Waals surface area (Å²) >= 11 is 9.14. The summed E-state index contributed by atoms with van der Waals surface area (Å²) in [5, 5.41) is 0. The molecule has 0 unspecified atom stereocenters. The van der Waals surface area contributed by atoms with E-state index < -0.39 is 0 Å². The van der Waals surface area contributed by atoms with E-state index in [0.717, 1.165) is 0 Å². The maximum atomic E-state index is 5.33. The Morgan fingerprint density at radius 3 is 2.43 bits per heavy atom. The molecule has 0 nitrogen and oxygen atoms in total. The highest BCUT2D eigenvalue weighted by atomic mass is 35.5. The predicted molar refractivity (Wildman–Crippen MR) is 37.7 cm³/mol. The maximum Gasteiger partial charge on any atom is 0.0704 e.